The third kappa shape index (κ3) is 6.65. The van der Waals surface area contributed by atoms with Gasteiger partial charge in [-0.1, -0.05) is 0 Å². The summed E-state index contributed by atoms with van der Waals surface area (Å²) < 4.78 is 40.0. The minimum absolute atomic E-state index is 0.0689. The summed E-state index contributed by atoms with van der Waals surface area (Å²) in [5, 5.41) is 6.02. The summed E-state index contributed by atoms with van der Waals surface area (Å²) in [6.07, 6.45) is 2.32. The lowest BCUT2D eigenvalue weighted by Gasteiger charge is -2.22. The van der Waals surface area contributed by atoms with Gasteiger partial charge in [-0.3, -0.25) is 13.9 Å². The summed E-state index contributed by atoms with van der Waals surface area (Å²) in [5.74, 6) is 0.114. The maximum Gasteiger partial charge on any atom is 0.278 e. The molecule has 2 heterocycles. The molecule has 0 atom stereocenters. The lowest BCUT2D eigenvalue weighted by molar-refractivity contribution is 0.0365. The number of hydroxylamine groups is 1. The number of rotatable bonds is 9. The van der Waals surface area contributed by atoms with Gasteiger partial charge in [0.1, 0.15) is 23.3 Å². The first-order chi connectivity index (χ1) is 16.9. The van der Waals surface area contributed by atoms with Gasteiger partial charge < -0.3 is 10.6 Å². The molecule has 14 heteroatoms. The third-order valence-electron chi connectivity index (χ3n) is 4.82. The molecule has 0 bridgehead atoms. The van der Waals surface area contributed by atoms with E-state index in [4.69, 9.17) is 4.84 Å². The number of hydrogen-bond donors (Lipinski definition) is 3. The number of hydrogen-bond acceptors (Lipinski definition) is 9. The summed E-state index contributed by atoms with van der Waals surface area (Å²) >= 11 is 3.09. The largest absolute Gasteiger partial charge is 0.353 e. The van der Waals surface area contributed by atoms with Gasteiger partial charge in [-0.25, -0.2) is 33.2 Å². The molecular weight excluding hydrogens is 557 g/mol. The zero-order valence-corrected chi connectivity index (χ0v) is 22.6. The number of carbonyl (C=O) groups is 1. The number of sulfonamides is 1. The van der Waals surface area contributed by atoms with Crippen molar-refractivity contribution in [3.63, 3.8) is 0 Å². The van der Waals surface area contributed by atoms with Crippen molar-refractivity contribution in [2.24, 2.45) is 0 Å². The van der Waals surface area contributed by atoms with E-state index in [2.05, 4.69) is 47.0 Å². The van der Waals surface area contributed by atoms with Crippen molar-refractivity contribution in [2.75, 3.05) is 34.8 Å². The normalized spacial score (nSPS) is 11.2. The van der Waals surface area contributed by atoms with Gasteiger partial charge in [0.25, 0.3) is 5.91 Å². The lowest BCUT2D eigenvalue weighted by atomic mass is 10.2. The Morgan fingerprint density at radius 1 is 1.11 bits per heavy atom. The highest BCUT2D eigenvalue weighted by molar-refractivity contribution is 9.10. The Kier molecular flexibility index (Phi) is 8.43. The molecule has 0 aliphatic heterocycles. The first-order valence-electron chi connectivity index (χ1n) is 10.6. The fourth-order valence-electron chi connectivity index (χ4n) is 3.13. The maximum atomic E-state index is 14.5. The Balaban J connectivity index is 2.10. The quantitative estimate of drug-likeness (QED) is 0.320. The van der Waals surface area contributed by atoms with Crippen LogP contribution in [0.5, 0.6) is 0 Å². The van der Waals surface area contributed by atoms with Crippen molar-refractivity contribution in [2.45, 2.75) is 20.8 Å². The van der Waals surface area contributed by atoms with Crippen LogP contribution in [0.25, 0.3) is 0 Å². The molecule has 0 aliphatic rings. The summed E-state index contributed by atoms with van der Waals surface area (Å²) in [7, 11) is -2.35. The lowest BCUT2D eigenvalue weighted by Crippen LogP contribution is -2.26. The molecule has 0 radical (unpaired) electrons. The van der Waals surface area contributed by atoms with Crippen LogP contribution in [0.2, 0.25) is 0 Å². The second-order valence-corrected chi connectivity index (χ2v) is 10.6. The Labute approximate surface area is 216 Å². The van der Waals surface area contributed by atoms with Crippen LogP contribution >= 0.6 is 15.9 Å². The monoisotopic (exact) mass is 581 g/mol. The zero-order chi connectivity index (χ0) is 26.6. The van der Waals surface area contributed by atoms with Crippen LogP contribution in [0, 0.1) is 19.7 Å². The van der Waals surface area contributed by atoms with Crippen molar-refractivity contribution in [1.29, 1.82) is 0 Å². The standard InChI is InChI=1S/C22H25BrFN7O4S/c1-6-35-30-22(32)14-11-25-20(29-21-7-12(2)26-13(3)27-21)10-17(14)28-18-9-16(24)15(23)8-19(18)31(4)36(5,33)34/h7-11H,6H2,1-5H3,(H,30,32)(H2,25,26,27,28,29). The van der Waals surface area contributed by atoms with E-state index >= 15 is 0 Å². The van der Waals surface area contributed by atoms with E-state index in [1.807, 2.05) is 6.92 Å². The predicted octanol–water partition coefficient (Wildman–Crippen LogP) is 3.95. The number of nitrogens with zero attached hydrogens (tertiary/aromatic N) is 4. The molecule has 3 N–H and O–H groups in total. The van der Waals surface area contributed by atoms with Gasteiger partial charge >= 0.3 is 0 Å². The second-order valence-electron chi connectivity index (χ2n) is 7.69. The number of benzene rings is 1. The molecule has 0 aliphatic carbocycles. The number of halogens is 2. The Bertz CT molecular complexity index is 1390. The van der Waals surface area contributed by atoms with E-state index in [-0.39, 0.29) is 33.7 Å². The Morgan fingerprint density at radius 3 is 2.47 bits per heavy atom. The van der Waals surface area contributed by atoms with Crippen LogP contribution in [0.1, 0.15) is 28.8 Å². The average Bonchev–Trinajstić information content (AvgIpc) is 2.78. The number of anilines is 5. The molecule has 0 spiro atoms. The minimum Gasteiger partial charge on any atom is -0.353 e. The highest BCUT2D eigenvalue weighted by atomic mass is 79.9. The average molecular weight is 582 g/mol. The Morgan fingerprint density at radius 2 is 1.83 bits per heavy atom. The van der Waals surface area contributed by atoms with Gasteiger partial charge in [-0.05, 0) is 42.8 Å². The summed E-state index contributed by atoms with van der Waals surface area (Å²) in [6, 6.07) is 5.68. The number of amides is 1. The summed E-state index contributed by atoms with van der Waals surface area (Å²) in [6.45, 7) is 5.51. The van der Waals surface area contributed by atoms with Crippen molar-refractivity contribution in [1.82, 2.24) is 20.4 Å². The van der Waals surface area contributed by atoms with E-state index in [9.17, 15) is 17.6 Å². The number of nitrogens with one attached hydrogen (secondary N) is 3. The topological polar surface area (TPSA) is 138 Å². The van der Waals surface area contributed by atoms with Crippen molar-refractivity contribution >= 4 is 60.6 Å². The molecule has 0 fully saturated rings. The predicted molar refractivity (Wildman–Crippen MR) is 139 cm³/mol. The number of pyridine rings is 1. The van der Waals surface area contributed by atoms with Crippen LogP contribution in [-0.2, 0) is 14.9 Å². The van der Waals surface area contributed by atoms with E-state index in [1.54, 1.807) is 19.9 Å². The molecule has 0 saturated carbocycles. The summed E-state index contributed by atoms with van der Waals surface area (Å²) in [5.41, 5.74) is 3.56. The van der Waals surface area contributed by atoms with E-state index in [0.717, 1.165) is 22.3 Å². The van der Waals surface area contributed by atoms with Crippen LogP contribution in [-0.4, -0.2) is 49.2 Å². The first-order valence-corrected chi connectivity index (χ1v) is 13.2. The fraction of sp³-hybridized carbons (Fsp3) is 0.273. The molecule has 36 heavy (non-hydrogen) atoms. The first kappa shape index (κ1) is 27.2. The number of aryl methyl sites for hydroxylation is 2. The van der Waals surface area contributed by atoms with Crippen molar-refractivity contribution < 1.29 is 22.4 Å². The highest BCUT2D eigenvalue weighted by Crippen LogP contribution is 2.35. The molecule has 11 nitrogen and oxygen atoms in total. The number of carbonyl (C=O) groups excluding carboxylic acids is 1. The van der Waals surface area contributed by atoms with Gasteiger partial charge in [-0.2, -0.15) is 0 Å². The van der Waals surface area contributed by atoms with Crippen molar-refractivity contribution in [3.8, 4) is 0 Å². The molecule has 3 aromatic rings. The second kappa shape index (κ2) is 11.1. The van der Waals surface area contributed by atoms with Crippen LogP contribution < -0.4 is 20.4 Å². The highest BCUT2D eigenvalue weighted by Gasteiger charge is 2.21. The van der Waals surface area contributed by atoms with Crippen LogP contribution in [0.15, 0.2) is 34.9 Å². The zero-order valence-electron chi connectivity index (χ0n) is 20.2. The summed E-state index contributed by atoms with van der Waals surface area (Å²) in [4.78, 5) is 30.6. The fourth-order valence-corrected chi connectivity index (χ4v) is 3.97. The van der Waals surface area contributed by atoms with Gasteiger partial charge in [-0.15, -0.1) is 0 Å². The maximum absolute atomic E-state index is 14.5. The van der Waals surface area contributed by atoms with Crippen LogP contribution in [0.4, 0.5) is 33.1 Å². The van der Waals surface area contributed by atoms with Gasteiger partial charge in [0, 0.05) is 37.1 Å². The molecular formula is C22H25BrFN7O4S. The third-order valence-corrected chi connectivity index (χ3v) is 6.62. The SMILES string of the molecule is CCONC(=O)c1cnc(Nc2cc(C)nc(C)n2)cc1Nc1cc(F)c(Br)cc1N(C)S(C)(=O)=O. The molecule has 192 valence electrons. The van der Waals surface area contributed by atoms with Gasteiger partial charge in [0.15, 0.2) is 0 Å². The smallest absolute Gasteiger partial charge is 0.278 e. The minimum atomic E-state index is -3.68. The molecule has 1 aromatic carbocycles. The van der Waals surface area contributed by atoms with Crippen LogP contribution in [0.3, 0.4) is 0 Å². The van der Waals surface area contributed by atoms with Gasteiger partial charge in [0.2, 0.25) is 10.0 Å². The van der Waals surface area contributed by atoms with E-state index < -0.39 is 21.7 Å². The molecule has 3 rings (SSSR count). The molecule has 0 saturated heterocycles. The van der Waals surface area contributed by atoms with Crippen molar-refractivity contribution in [3.05, 3.63) is 57.8 Å². The number of aromatic nitrogens is 3. The molecule has 1 amide bonds. The molecule has 2 aromatic heterocycles. The van der Waals surface area contributed by atoms with Gasteiger partial charge in [0.05, 0.1) is 40.0 Å². The van der Waals surface area contributed by atoms with E-state index in [0.29, 0.717) is 17.5 Å². The Hall–Kier alpha value is -3.36. The van der Waals surface area contributed by atoms with E-state index in [1.165, 1.54) is 25.4 Å². The molecule has 0 unspecified atom stereocenters.